The molecule has 2 aromatic carbocycles. The van der Waals surface area contributed by atoms with Gasteiger partial charge < -0.3 is 10.1 Å². The van der Waals surface area contributed by atoms with Gasteiger partial charge in [-0.05, 0) is 54.7 Å². The molecule has 0 unspecified atom stereocenters. The molecular formula is C21H22Br2FNO2. The Morgan fingerprint density at radius 3 is 2.56 bits per heavy atom. The molecule has 3 rings (SSSR count). The van der Waals surface area contributed by atoms with Crippen LogP contribution in [0.4, 0.5) is 4.39 Å². The number of rotatable bonds is 6. The molecule has 3 nitrogen and oxygen atoms in total. The molecule has 0 atom stereocenters. The Labute approximate surface area is 175 Å². The topological polar surface area (TPSA) is 38.3 Å². The molecule has 1 N–H and O–H groups in total. The van der Waals surface area contributed by atoms with Crippen LogP contribution in [0.3, 0.4) is 0 Å². The summed E-state index contributed by atoms with van der Waals surface area (Å²) >= 11 is 6.78. The molecular weight excluding hydrogens is 477 g/mol. The van der Waals surface area contributed by atoms with Crippen LogP contribution in [0.2, 0.25) is 0 Å². The van der Waals surface area contributed by atoms with Crippen LogP contribution in [0, 0.1) is 5.82 Å². The van der Waals surface area contributed by atoms with Crippen LogP contribution in [-0.4, -0.2) is 25.7 Å². The number of hydrogen-bond donors (Lipinski definition) is 1. The Balaban J connectivity index is 1.62. The molecule has 1 saturated heterocycles. The maximum atomic E-state index is 13.9. The van der Waals surface area contributed by atoms with Gasteiger partial charge in [-0.2, -0.15) is 0 Å². The normalized spacial score (nSPS) is 16.1. The first-order valence-corrected chi connectivity index (χ1v) is 10.6. The van der Waals surface area contributed by atoms with Crippen LogP contribution in [0.5, 0.6) is 0 Å². The zero-order valence-corrected chi connectivity index (χ0v) is 18.1. The van der Waals surface area contributed by atoms with E-state index in [9.17, 15) is 9.18 Å². The van der Waals surface area contributed by atoms with Crippen molar-refractivity contribution in [3.63, 3.8) is 0 Å². The lowest BCUT2D eigenvalue weighted by molar-refractivity contribution is -0.121. The summed E-state index contributed by atoms with van der Waals surface area (Å²) in [6.07, 6.45) is 2.39. The maximum absolute atomic E-state index is 13.9. The molecule has 27 heavy (non-hydrogen) atoms. The van der Waals surface area contributed by atoms with Crippen molar-refractivity contribution in [2.45, 2.75) is 31.1 Å². The van der Waals surface area contributed by atoms with Crippen molar-refractivity contribution >= 4 is 37.8 Å². The molecule has 1 amide bonds. The fourth-order valence-corrected chi connectivity index (χ4v) is 4.21. The monoisotopic (exact) mass is 497 g/mol. The molecule has 0 saturated carbocycles. The molecule has 1 heterocycles. The van der Waals surface area contributed by atoms with E-state index in [0.717, 1.165) is 17.3 Å². The number of nitrogens with one attached hydrogen (secondary N) is 1. The van der Waals surface area contributed by atoms with E-state index in [2.05, 4.69) is 49.3 Å². The van der Waals surface area contributed by atoms with Crippen molar-refractivity contribution in [3.8, 4) is 0 Å². The summed E-state index contributed by atoms with van der Waals surface area (Å²) < 4.78 is 21.2. The quantitative estimate of drug-likeness (QED) is 0.598. The summed E-state index contributed by atoms with van der Waals surface area (Å²) in [6.45, 7) is 1.94. The van der Waals surface area contributed by atoms with Crippen molar-refractivity contribution < 1.29 is 13.9 Å². The maximum Gasteiger partial charge on any atom is 0.220 e. The predicted molar refractivity (Wildman–Crippen MR) is 111 cm³/mol. The first-order chi connectivity index (χ1) is 13.0. The lowest BCUT2D eigenvalue weighted by Gasteiger charge is -2.38. The number of benzene rings is 2. The van der Waals surface area contributed by atoms with Crippen LogP contribution in [0.15, 0.2) is 51.4 Å². The second kappa shape index (κ2) is 9.30. The van der Waals surface area contributed by atoms with E-state index in [1.165, 1.54) is 11.6 Å². The van der Waals surface area contributed by atoms with Gasteiger partial charge in [-0.1, -0.05) is 50.1 Å². The molecule has 1 aliphatic rings. The minimum atomic E-state index is -0.285. The van der Waals surface area contributed by atoms with E-state index in [1.807, 2.05) is 12.1 Å². The van der Waals surface area contributed by atoms with Gasteiger partial charge in [0, 0.05) is 40.5 Å². The highest BCUT2D eigenvalue weighted by atomic mass is 79.9. The number of amides is 1. The molecule has 2 aromatic rings. The lowest BCUT2D eigenvalue weighted by atomic mass is 9.74. The Hall–Kier alpha value is -1.24. The highest BCUT2D eigenvalue weighted by molar-refractivity contribution is 9.10. The van der Waals surface area contributed by atoms with Gasteiger partial charge in [-0.25, -0.2) is 4.39 Å². The Morgan fingerprint density at radius 1 is 1.11 bits per heavy atom. The number of carbonyl (C=O) groups is 1. The molecule has 0 aliphatic carbocycles. The second-order valence-corrected chi connectivity index (χ2v) is 8.75. The average molecular weight is 499 g/mol. The van der Waals surface area contributed by atoms with Gasteiger partial charge in [-0.15, -0.1) is 0 Å². The summed E-state index contributed by atoms with van der Waals surface area (Å²) in [5.41, 5.74) is 1.64. The van der Waals surface area contributed by atoms with Gasteiger partial charge in [-0.3, -0.25) is 4.79 Å². The predicted octanol–water partition coefficient (Wildman–Crippen LogP) is 5.15. The molecule has 0 spiro atoms. The van der Waals surface area contributed by atoms with E-state index in [4.69, 9.17) is 4.74 Å². The van der Waals surface area contributed by atoms with Gasteiger partial charge >= 0.3 is 0 Å². The number of halogens is 3. The van der Waals surface area contributed by atoms with E-state index in [1.54, 1.807) is 12.1 Å². The van der Waals surface area contributed by atoms with Crippen molar-refractivity contribution in [1.29, 1.82) is 0 Å². The molecule has 1 fully saturated rings. The van der Waals surface area contributed by atoms with Crippen molar-refractivity contribution in [3.05, 3.63) is 68.4 Å². The number of ether oxygens (including phenoxy) is 1. The van der Waals surface area contributed by atoms with Gasteiger partial charge in [0.2, 0.25) is 5.91 Å². The third-order valence-corrected chi connectivity index (χ3v) is 6.13. The molecule has 144 valence electrons. The lowest BCUT2D eigenvalue weighted by Crippen LogP contribution is -2.44. The minimum Gasteiger partial charge on any atom is -0.381 e. The Bertz CT molecular complexity index is 807. The van der Waals surface area contributed by atoms with Crippen LogP contribution in [0.1, 0.15) is 30.4 Å². The summed E-state index contributed by atoms with van der Waals surface area (Å²) in [4.78, 5) is 12.4. The smallest absolute Gasteiger partial charge is 0.220 e. The SMILES string of the molecule is O=C(CCc1ccc(Br)cc1F)NCC1(c2cccc(Br)c2)CCOCC1. The van der Waals surface area contributed by atoms with Crippen LogP contribution >= 0.6 is 31.9 Å². The van der Waals surface area contributed by atoms with Crippen LogP contribution in [-0.2, 0) is 21.4 Å². The van der Waals surface area contributed by atoms with Gasteiger partial charge in [0.15, 0.2) is 0 Å². The van der Waals surface area contributed by atoms with Gasteiger partial charge in [0.25, 0.3) is 0 Å². The van der Waals surface area contributed by atoms with E-state index in [0.29, 0.717) is 36.2 Å². The summed E-state index contributed by atoms with van der Waals surface area (Å²) in [5.74, 6) is -0.342. The van der Waals surface area contributed by atoms with Crippen molar-refractivity contribution in [1.82, 2.24) is 5.32 Å². The highest BCUT2D eigenvalue weighted by Crippen LogP contribution is 2.35. The molecule has 0 radical (unpaired) electrons. The van der Waals surface area contributed by atoms with Gasteiger partial charge in [0.1, 0.15) is 5.82 Å². The summed E-state index contributed by atoms with van der Waals surface area (Å²) in [6, 6.07) is 13.2. The molecule has 1 aliphatic heterocycles. The van der Waals surface area contributed by atoms with E-state index >= 15 is 0 Å². The largest absolute Gasteiger partial charge is 0.381 e. The number of carbonyl (C=O) groups excluding carboxylic acids is 1. The van der Waals surface area contributed by atoms with E-state index in [-0.39, 0.29) is 23.6 Å². The average Bonchev–Trinajstić information content (AvgIpc) is 2.66. The van der Waals surface area contributed by atoms with Crippen molar-refractivity contribution in [2.24, 2.45) is 0 Å². The zero-order chi connectivity index (χ0) is 19.3. The fraction of sp³-hybridized carbons (Fsp3) is 0.381. The third kappa shape index (κ3) is 5.39. The number of hydrogen-bond acceptors (Lipinski definition) is 2. The van der Waals surface area contributed by atoms with Gasteiger partial charge in [0.05, 0.1) is 0 Å². The Morgan fingerprint density at radius 2 is 1.85 bits per heavy atom. The summed E-state index contributed by atoms with van der Waals surface area (Å²) in [7, 11) is 0. The standard InChI is InChI=1S/C21H22Br2FNO2/c22-17-3-1-2-16(12-17)21(8-10-27-11-9-21)14-25-20(26)7-5-15-4-6-18(23)13-19(15)24/h1-4,6,12-13H,5,7-11,14H2,(H,25,26). The van der Waals surface area contributed by atoms with Crippen LogP contribution < -0.4 is 5.32 Å². The Kier molecular flexibility index (Phi) is 7.06. The molecule has 0 aromatic heterocycles. The van der Waals surface area contributed by atoms with Crippen molar-refractivity contribution in [2.75, 3.05) is 19.8 Å². The van der Waals surface area contributed by atoms with Crippen LogP contribution in [0.25, 0.3) is 0 Å². The third-order valence-electron chi connectivity index (χ3n) is 5.15. The highest BCUT2D eigenvalue weighted by Gasteiger charge is 2.34. The zero-order valence-electron chi connectivity index (χ0n) is 14.9. The fourth-order valence-electron chi connectivity index (χ4n) is 3.48. The summed E-state index contributed by atoms with van der Waals surface area (Å²) in [5, 5.41) is 3.07. The van der Waals surface area contributed by atoms with E-state index < -0.39 is 0 Å². The number of aryl methyl sites for hydroxylation is 1. The second-order valence-electron chi connectivity index (χ2n) is 6.92. The minimum absolute atomic E-state index is 0.0572. The first-order valence-electron chi connectivity index (χ1n) is 9.03. The first kappa shape index (κ1) is 20.5. The molecule has 6 heteroatoms. The molecule has 0 bridgehead atoms.